The summed E-state index contributed by atoms with van der Waals surface area (Å²) in [5.41, 5.74) is 2.84. The molecule has 1 aromatic carbocycles. The Labute approximate surface area is 153 Å². The van der Waals surface area contributed by atoms with Crippen molar-refractivity contribution >= 4 is 16.8 Å². The molecule has 1 aliphatic heterocycles. The summed E-state index contributed by atoms with van der Waals surface area (Å²) in [4.78, 5) is 30.2. The van der Waals surface area contributed by atoms with E-state index in [2.05, 4.69) is 15.2 Å². The predicted molar refractivity (Wildman–Crippen MR) is 102 cm³/mol. The Kier molecular flexibility index (Phi) is 6.06. The minimum atomic E-state index is -0.0303. The number of hydrogen-bond donors (Lipinski definition) is 3. The first kappa shape index (κ1) is 18.6. The van der Waals surface area contributed by atoms with Gasteiger partial charge < -0.3 is 15.4 Å². The number of fused-ring (bicyclic) bond motifs is 1. The molecule has 1 aliphatic rings. The lowest BCUT2D eigenvalue weighted by molar-refractivity contribution is -0.126. The second-order valence-corrected chi connectivity index (χ2v) is 7.15. The van der Waals surface area contributed by atoms with E-state index in [0.717, 1.165) is 36.2 Å². The number of nitrogens with one attached hydrogen (secondary N) is 2. The highest BCUT2D eigenvalue weighted by Crippen LogP contribution is 2.19. The van der Waals surface area contributed by atoms with Crippen LogP contribution in [0.3, 0.4) is 0 Å². The lowest BCUT2D eigenvalue weighted by Gasteiger charge is -2.31. The molecule has 0 spiro atoms. The zero-order valence-electron chi connectivity index (χ0n) is 15.3. The van der Waals surface area contributed by atoms with Crippen LogP contribution in [0.4, 0.5) is 0 Å². The number of hydrogen-bond acceptors (Lipinski definition) is 4. The van der Waals surface area contributed by atoms with Crippen molar-refractivity contribution in [3.63, 3.8) is 0 Å². The number of H-pyrrole nitrogens is 1. The number of aliphatic hydroxyl groups is 1. The van der Waals surface area contributed by atoms with Gasteiger partial charge in [-0.25, -0.2) is 0 Å². The van der Waals surface area contributed by atoms with E-state index in [4.69, 9.17) is 5.11 Å². The van der Waals surface area contributed by atoms with Gasteiger partial charge >= 0.3 is 0 Å². The fourth-order valence-electron chi connectivity index (χ4n) is 3.59. The molecule has 140 valence electrons. The van der Waals surface area contributed by atoms with Gasteiger partial charge in [-0.05, 0) is 44.9 Å². The van der Waals surface area contributed by atoms with Gasteiger partial charge in [-0.1, -0.05) is 11.6 Å². The minimum absolute atomic E-state index is 0.0303. The number of carbonyl (C=O) groups is 1. The van der Waals surface area contributed by atoms with Crippen LogP contribution < -0.4 is 10.7 Å². The Morgan fingerprint density at radius 3 is 3.04 bits per heavy atom. The molecule has 1 unspecified atom stereocenters. The number of aryl methyl sites for hydroxylation is 1. The number of benzene rings is 1. The normalized spacial score (nSPS) is 18.2. The SMILES string of the molecule is Cc1ccc2[nH]c(CN3CCCC(C(=O)NCCCO)C3)cc(=O)c2c1. The van der Waals surface area contributed by atoms with Crippen molar-refractivity contribution in [2.24, 2.45) is 5.92 Å². The first-order chi connectivity index (χ1) is 12.6. The molecule has 1 saturated heterocycles. The molecule has 26 heavy (non-hydrogen) atoms. The third kappa shape index (κ3) is 4.51. The van der Waals surface area contributed by atoms with Crippen LogP contribution in [0.15, 0.2) is 29.1 Å². The maximum absolute atomic E-state index is 12.4. The van der Waals surface area contributed by atoms with Crippen molar-refractivity contribution in [1.29, 1.82) is 0 Å². The van der Waals surface area contributed by atoms with Crippen molar-refractivity contribution < 1.29 is 9.90 Å². The van der Waals surface area contributed by atoms with Gasteiger partial charge in [0.1, 0.15) is 0 Å². The van der Waals surface area contributed by atoms with Crippen molar-refractivity contribution in [1.82, 2.24) is 15.2 Å². The van der Waals surface area contributed by atoms with Crippen LogP contribution in [-0.4, -0.2) is 47.1 Å². The second kappa shape index (κ2) is 8.47. The molecule has 2 heterocycles. The molecular formula is C20H27N3O3. The zero-order valence-corrected chi connectivity index (χ0v) is 15.3. The van der Waals surface area contributed by atoms with E-state index in [1.54, 1.807) is 6.07 Å². The number of piperidine rings is 1. The standard InChI is InChI=1S/C20H27N3O3/c1-14-5-6-18-17(10-14)19(25)11-16(22-18)13-23-8-2-4-15(12-23)20(26)21-7-3-9-24/h5-6,10-11,15,24H,2-4,7-9,12-13H2,1H3,(H,21,26)(H,22,25). The van der Waals surface area contributed by atoms with Crippen molar-refractivity contribution in [2.45, 2.75) is 32.7 Å². The van der Waals surface area contributed by atoms with Crippen molar-refractivity contribution in [3.8, 4) is 0 Å². The largest absolute Gasteiger partial charge is 0.396 e. The molecule has 1 aromatic heterocycles. The van der Waals surface area contributed by atoms with E-state index in [1.807, 2.05) is 25.1 Å². The average molecular weight is 357 g/mol. The van der Waals surface area contributed by atoms with Crippen LogP contribution >= 0.6 is 0 Å². The van der Waals surface area contributed by atoms with Gasteiger partial charge in [-0.3, -0.25) is 14.5 Å². The number of aromatic nitrogens is 1. The fraction of sp³-hybridized carbons (Fsp3) is 0.500. The number of nitrogens with zero attached hydrogens (tertiary/aromatic N) is 1. The summed E-state index contributed by atoms with van der Waals surface area (Å²) in [6, 6.07) is 7.52. The molecule has 6 nitrogen and oxygen atoms in total. The number of likely N-dealkylation sites (tertiary alicyclic amines) is 1. The molecule has 1 fully saturated rings. The molecule has 1 atom stereocenters. The molecule has 2 aromatic rings. The van der Waals surface area contributed by atoms with Gasteiger partial charge in [-0.2, -0.15) is 0 Å². The Bertz CT molecular complexity index is 831. The summed E-state index contributed by atoms with van der Waals surface area (Å²) >= 11 is 0. The summed E-state index contributed by atoms with van der Waals surface area (Å²) < 4.78 is 0. The molecular weight excluding hydrogens is 330 g/mol. The van der Waals surface area contributed by atoms with Gasteiger partial charge in [0.2, 0.25) is 5.91 Å². The van der Waals surface area contributed by atoms with Crippen LogP contribution in [0, 0.1) is 12.8 Å². The number of amides is 1. The quantitative estimate of drug-likeness (QED) is 0.685. The lowest BCUT2D eigenvalue weighted by atomic mass is 9.97. The highest BCUT2D eigenvalue weighted by Gasteiger charge is 2.25. The topological polar surface area (TPSA) is 85.4 Å². The number of carbonyl (C=O) groups excluding carboxylic acids is 1. The van der Waals surface area contributed by atoms with Gasteiger partial charge in [0.15, 0.2) is 5.43 Å². The van der Waals surface area contributed by atoms with Crippen LogP contribution in [-0.2, 0) is 11.3 Å². The molecule has 3 N–H and O–H groups in total. The summed E-state index contributed by atoms with van der Waals surface area (Å²) in [5.74, 6) is 0.0305. The number of aromatic amines is 1. The van der Waals surface area contributed by atoms with E-state index >= 15 is 0 Å². The number of aliphatic hydroxyl groups excluding tert-OH is 1. The number of pyridine rings is 1. The Morgan fingerprint density at radius 1 is 1.38 bits per heavy atom. The van der Waals surface area contributed by atoms with E-state index in [1.165, 1.54) is 0 Å². The first-order valence-electron chi connectivity index (χ1n) is 9.30. The first-order valence-corrected chi connectivity index (χ1v) is 9.30. The average Bonchev–Trinajstić information content (AvgIpc) is 2.63. The Hall–Kier alpha value is -2.18. The molecule has 1 amide bonds. The molecule has 0 bridgehead atoms. The maximum Gasteiger partial charge on any atom is 0.224 e. The van der Waals surface area contributed by atoms with E-state index < -0.39 is 0 Å². The zero-order chi connectivity index (χ0) is 18.5. The summed E-state index contributed by atoms with van der Waals surface area (Å²) in [5, 5.41) is 12.4. The predicted octanol–water partition coefficient (Wildman–Crippen LogP) is 1.55. The number of rotatable bonds is 6. The Balaban J connectivity index is 1.67. The molecule has 0 aliphatic carbocycles. The van der Waals surface area contributed by atoms with Gasteiger partial charge in [0.05, 0.1) is 5.92 Å². The second-order valence-electron chi connectivity index (χ2n) is 7.15. The van der Waals surface area contributed by atoms with Crippen LogP contribution in [0.5, 0.6) is 0 Å². The van der Waals surface area contributed by atoms with E-state index in [0.29, 0.717) is 31.4 Å². The van der Waals surface area contributed by atoms with Crippen LogP contribution in [0.1, 0.15) is 30.5 Å². The van der Waals surface area contributed by atoms with Crippen LogP contribution in [0.25, 0.3) is 10.9 Å². The molecule has 3 rings (SSSR count). The smallest absolute Gasteiger partial charge is 0.224 e. The highest BCUT2D eigenvalue weighted by molar-refractivity contribution is 5.79. The lowest BCUT2D eigenvalue weighted by Crippen LogP contribution is -2.43. The highest BCUT2D eigenvalue weighted by atomic mass is 16.3. The van der Waals surface area contributed by atoms with Gasteiger partial charge in [-0.15, -0.1) is 0 Å². The minimum Gasteiger partial charge on any atom is -0.396 e. The van der Waals surface area contributed by atoms with E-state index in [-0.39, 0.29) is 23.9 Å². The maximum atomic E-state index is 12.4. The summed E-state index contributed by atoms with van der Waals surface area (Å²) in [7, 11) is 0. The third-order valence-electron chi connectivity index (χ3n) is 4.95. The summed E-state index contributed by atoms with van der Waals surface area (Å²) in [6.45, 7) is 4.84. The monoisotopic (exact) mass is 357 g/mol. The molecule has 6 heteroatoms. The van der Waals surface area contributed by atoms with E-state index in [9.17, 15) is 9.59 Å². The molecule has 0 radical (unpaired) electrons. The van der Waals surface area contributed by atoms with Gasteiger partial charge in [0, 0.05) is 48.9 Å². The molecule has 0 saturated carbocycles. The third-order valence-corrected chi connectivity index (χ3v) is 4.95. The fourth-order valence-corrected chi connectivity index (χ4v) is 3.59. The summed E-state index contributed by atoms with van der Waals surface area (Å²) in [6.07, 6.45) is 2.43. The van der Waals surface area contributed by atoms with Gasteiger partial charge in [0.25, 0.3) is 0 Å². The van der Waals surface area contributed by atoms with Crippen molar-refractivity contribution in [2.75, 3.05) is 26.2 Å². The van der Waals surface area contributed by atoms with Crippen molar-refractivity contribution in [3.05, 3.63) is 45.7 Å². The Morgan fingerprint density at radius 2 is 2.23 bits per heavy atom. The van der Waals surface area contributed by atoms with Crippen LogP contribution in [0.2, 0.25) is 0 Å².